The highest BCUT2D eigenvalue weighted by Crippen LogP contribution is 2.24. The summed E-state index contributed by atoms with van der Waals surface area (Å²) in [5.74, 6) is 0.109. The Labute approximate surface area is 181 Å². The average Bonchev–Trinajstić information content (AvgIpc) is 2.77. The summed E-state index contributed by atoms with van der Waals surface area (Å²) >= 11 is 6.02. The molecule has 0 radical (unpaired) electrons. The van der Waals surface area contributed by atoms with E-state index in [-0.39, 0.29) is 24.2 Å². The van der Waals surface area contributed by atoms with E-state index in [1.165, 1.54) is 0 Å². The van der Waals surface area contributed by atoms with Crippen LogP contribution < -0.4 is 5.43 Å². The zero-order valence-electron chi connectivity index (χ0n) is 17.3. The lowest BCUT2D eigenvalue weighted by Gasteiger charge is -2.26. The molecule has 6 nitrogen and oxygen atoms in total. The Morgan fingerprint density at radius 2 is 1.87 bits per heavy atom. The monoisotopic (exact) mass is 424 g/mol. The average molecular weight is 425 g/mol. The molecule has 0 saturated heterocycles. The number of aliphatic hydroxyl groups is 1. The summed E-state index contributed by atoms with van der Waals surface area (Å²) in [6.45, 7) is 6.22. The minimum absolute atomic E-state index is 0.0670. The van der Waals surface area contributed by atoms with Crippen LogP contribution in [0.1, 0.15) is 29.9 Å². The molecular formula is C23H25ClN4O2. The van der Waals surface area contributed by atoms with Crippen LogP contribution in [-0.2, 0) is 0 Å². The quantitative estimate of drug-likeness (QED) is 0.558. The Balaban J connectivity index is 2.05. The minimum Gasteiger partial charge on any atom is -0.395 e. The number of aromatic nitrogens is 2. The van der Waals surface area contributed by atoms with Gasteiger partial charge in [0.2, 0.25) is 0 Å². The zero-order valence-corrected chi connectivity index (χ0v) is 18.0. The number of carbonyl (C=O) groups excluding carboxylic acids is 1. The molecule has 30 heavy (non-hydrogen) atoms. The molecular weight excluding hydrogens is 400 g/mol. The number of hydrogen-bond donors (Lipinski definition) is 2. The number of benzene rings is 2. The number of likely N-dealkylation sites (N-methyl/N-ethyl adjacent to an activating group) is 1. The normalized spacial score (nSPS) is 12.1. The van der Waals surface area contributed by atoms with E-state index in [1.54, 1.807) is 23.2 Å². The first-order valence-electron chi connectivity index (χ1n) is 9.81. The summed E-state index contributed by atoms with van der Waals surface area (Å²) in [4.78, 5) is 22.2. The molecule has 156 valence electrons. The predicted octanol–water partition coefficient (Wildman–Crippen LogP) is 4.12. The van der Waals surface area contributed by atoms with Crippen molar-refractivity contribution in [2.75, 3.05) is 13.2 Å². The van der Waals surface area contributed by atoms with Crippen LogP contribution in [0.15, 0.2) is 54.6 Å². The van der Waals surface area contributed by atoms with E-state index in [2.05, 4.69) is 15.4 Å². The van der Waals surface area contributed by atoms with Crippen LogP contribution in [0.5, 0.6) is 0 Å². The minimum atomic E-state index is -0.358. The number of rotatable bonds is 7. The van der Waals surface area contributed by atoms with Crippen molar-refractivity contribution in [2.24, 2.45) is 0 Å². The van der Waals surface area contributed by atoms with Crippen molar-refractivity contribution in [1.29, 1.82) is 0 Å². The molecule has 1 aromatic heterocycles. The summed E-state index contributed by atoms with van der Waals surface area (Å²) in [7, 11) is 0. The fourth-order valence-electron chi connectivity index (χ4n) is 3.03. The third-order valence-corrected chi connectivity index (χ3v) is 5.01. The largest absolute Gasteiger partial charge is 0.395 e. The highest BCUT2D eigenvalue weighted by Gasteiger charge is 2.18. The van der Waals surface area contributed by atoms with E-state index < -0.39 is 0 Å². The fraction of sp³-hybridized carbons (Fsp3) is 0.261. The number of aryl methyl sites for hydroxylation is 1. The van der Waals surface area contributed by atoms with E-state index in [4.69, 9.17) is 11.6 Å². The number of amides is 1. The maximum absolute atomic E-state index is 13.0. The maximum Gasteiger partial charge on any atom is 0.284 e. The van der Waals surface area contributed by atoms with Gasteiger partial charge in [-0.3, -0.25) is 10.2 Å². The number of carbonyl (C=O) groups is 1. The second-order valence-electron chi connectivity index (χ2n) is 7.10. The van der Waals surface area contributed by atoms with Gasteiger partial charge in [-0.1, -0.05) is 54.4 Å². The second kappa shape index (κ2) is 9.80. The van der Waals surface area contributed by atoms with Crippen molar-refractivity contribution < 1.29 is 9.90 Å². The zero-order chi connectivity index (χ0) is 21.7. The molecule has 2 N–H and O–H groups in total. The first-order valence-corrected chi connectivity index (χ1v) is 10.2. The molecule has 0 fully saturated rings. The van der Waals surface area contributed by atoms with Crippen LogP contribution in [0.4, 0.5) is 0 Å². The van der Waals surface area contributed by atoms with Crippen molar-refractivity contribution in [3.8, 4) is 22.6 Å². The molecule has 2 aromatic carbocycles. The third kappa shape index (κ3) is 5.21. The lowest BCUT2D eigenvalue weighted by molar-refractivity contribution is 0.0608. The van der Waals surface area contributed by atoms with Gasteiger partial charge < -0.3 is 5.11 Å². The Kier molecular flexibility index (Phi) is 7.15. The first kappa shape index (κ1) is 21.9. The standard InChI is InChI=1S/C23H25ClN4O2/c1-4-28(16(3)14-29)27-23(30)21-13-20(17-8-10-19(24)11-9-17)25-22(26-21)18-7-5-6-15(2)12-18/h5-13,16,29H,4,14H2,1-3H3,(H,27,30). The van der Waals surface area contributed by atoms with Crippen molar-refractivity contribution in [2.45, 2.75) is 26.8 Å². The van der Waals surface area contributed by atoms with Gasteiger partial charge in [0.05, 0.1) is 12.3 Å². The van der Waals surface area contributed by atoms with Crippen LogP contribution in [0, 0.1) is 6.92 Å². The van der Waals surface area contributed by atoms with Crippen molar-refractivity contribution >= 4 is 17.5 Å². The Morgan fingerprint density at radius 3 is 2.50 bits per heavy atom. The molecule has 1 atom stereocenters. The molecule has 0 saturated carbocycles. The SMILES string of the molecule is CCN(NC(=O)c1cc(-c2ccc(Cl)cc2)nc(-c2cccc(C)c2)n1)C(C)CO. The number of nitrogens with one attached hydrogen (secondary N) is 1. The number of hydrogen-bond acceptors (Lipinski definition) is 5. The summed E-state index contributed by atoms with van der Waals surface area (Å²) in [6, 6.07) is 16.6. The van der Waals surface area contributed by atoms with Gasteiger partial charge in [0.1, 0.15) is 5.69 Å². The first-order chi connectivity index (χ1) is 14.4. The molecule has 7 heteroatoms. The van der Waals surface area contributed by atoms with Gasteiger partial charge >= 0.3 is 0 Å². The summed E-state index contributed by atoms with van der Waals surface area (Å²) in [6.07, 6.45) is 0. The fourth-order valence-corrected chi connectivity index (χ4v) is 3.16. The van der Waals surface area contributed by atoms with Crippen molar-refractivity contribution in [3.05, 3.63) is 70.9 Å². The van der Waals surface area contributed by atoms with E-state index in [1.807, 2.05) is 57.2 Å². The number of aliphatic hydroxyl groups excluding tert-OH is 1. The topological polar surface area (TPSA) is 78.4 Å². The molecule has 1 amide bonds. The van der Waals surface area contributed by atoms with Crippen LogP contribution in [0.25, 0.3) is 22.6 Å². The lowest BCUT2D eigenvalue weighted by Crippen LogP contribution is -2.48. The van der Waals surface area contributed by atoms with E-state index in [9.17, 15) is 9.90 Å². The van der Waals surface area contributed by atoms with Crippen LogP contribution in [0.2, 0.25) is 5.02 Å². The highest BCUT2D eigenvalue weighted by atomic mass is 35.5. The summed E-state index contributed by atoms with van der Waals surface area (Å²) in [5, 5.41) is 11.7. The molecule has 3 aromatic rings. The molecule has 0 aliphatic carbocycles. The summed E-state index contributed by atoms with van der Waals surface area (Å²) in [5.41, 5.74) is 6.45. The van der Waals surface area contributed by atoms with Gasteiger partial charge in [-0.05, 0) is 38.1 Å². The molecule has 1 unspecified atom stereocenters. The van der Waals surface area contributed by atoms with Crippen molar-refractivity contribution in [3.63, 3.8) is 0 Å². The van der Waals surface area contributed by atoms with Gasteiger partial charge in [0.25, 0.3) is 5.91 Å². The molecule has 0 aliphatic heterocycles. The van der Waals surface area contributed by atoms with E-state index in [0.717, 1.165) is 16.7 Å². The maximum atomic E-state index is 13.0. The Bertz CT molecular complexity index is 1020. The molecule has 0 bridgehead atoms. The van der Waals surface area contributed by atoms with E-state index in [0.29, 0.717) is 23.1 Å². The van der Waals surface area contributed by atoms with Gasteiger partial charge in [0, 0.05) is 28.7 Å². The lowest BCUT2D eigenvalue weighted by atomic mass is 10.1. The van der Waals surface area contributed by atoms with Crippen LogP contribution in [-0.4, -0.2) is 45.2 Å². The second-order valence-corrected chi connectivity index (χ2v) is 7.53. The Morgan fingerprint density at radius 1 is 1.13 bits per heavy atom. The number of nitrogens with zero attached hydrogens (tertiary/aromatic N) is 3. The van der Waals surface area contributed by atoms with Crippen LogP contribution >= 0.6 is 11.6 Å². The predicted molar refractivity (Wildman–Crippen MR) is 119 cm³/mol. The van der Waals surface area contributed by atoms with E-state index >= 15 is 0 Å². The van der Waals surface area contributed by atoms with Gasteiger partial charge in [-0.2, -0.15) is 0 Å². The highest BCUT2D eigenvalue weighted by molar-refractivity contribution is 6.30. The molecule has 3 rings (SSSR count). The molecule has 1 heterocycles. The molecule has 0 aliphatic rings. The number of halogens is 1. The third-order valence-electron chi connectivity index (χ3n) is 4.76. The molecule has 0 spiro atoms. The van der Waals surface area contributed by atoms with Crippen molar-refractivity contribution in [1.82, 2.24) is 20.4 Å². The summed E-state index contributed by atoms with van der Waals surface area (Å²) < 4.78 is 0. The van der Waals surface area contributed by atoms with Gasteiger partial charge in [0.15, 0.2) is 5.82 Å². The number of hydrazine groups is 1. The Hall–Kier alpha value is -2.80. The smallest absolute Gasteiger partial charge is 0.284 e. The van der Waals surface area contributed by atoms with Crippen LogP contribution in [0.3, 0.4) is 0 Å². The van der Waals surface area contributed by atoms with Gasteiger partial charge in [-0.15, -0.1) is 0 Å². The van der Waals surface area contributed by atoms with Gasteiger partial charge in [-0.25, -0.2) is 15.0 Å².